The second-order valence-corrected chi connectivity index (χ2v) is 7.34. The Labute approximate surface area is 190 Å². The molecule has 33 heavy (non-hydrogen) atoms. The summed E-state index contributed by atoms with van der Waals surface area (Å²) in [5.41, 5.74) is 0.639. The maximum Gasteiger partial charge on any atom is 0.407 e. The Hall–Kier alpha value is -4.15. The van der Waals surface area contributed by atoms with Crippen LogP contribution in [0, 0.1) is 0 Å². The van der Waals surface area contributed by atoms with Crippen LogP contribution in [0.5, 0.6) is 11.6 Å². The van der Waals surface area contributed by atoms with Crippen molar-refractivity contribution in [1.82, 2.24) is 19.9 Å². The van der Waals surface area contributed by atoms with Gasteiger partial charge in [-0.25, -0.2) is 19.7 Å². The third-order valence-electron chi connectivity index (χ3n) is 5.06. The number of rotatable bonds is 7. The number of aromatic nitrogens is 3. The summed E-state index contributed by atoms with van der Waals surface area (Å²) < 4.78 is 11.7. The molecule has 0 bridgehead atoms. The van der Waals surface area contributed by atoms with Crippen molar-refractivity contribution in [3.8, 4) is 11.6 Å². The van der Waals surface area contributed by atoms with E-state index >= 15 is 0 Å². The molecule has 3 heterocycles. The summed E-state index contributed by atoms with van der Waals surface area (Å²) in [6.45, 7) is 3.70. The van der Waals surface area contributed by atoms with Gasteiger partial charge in [-0.05, 0) is 18.2 Å². The van der Waals surface area contributed by atoms with Crippen molar-refractivity contribution in [3.63, 3.8) is 0 Å². The number of nitrogens with one attached hydrogen (secondary N) is 1. The van der Waals surface area contributed by atoms with Gasteiger partial charge in [0.25, 0.3) is 5.88 Å². The maximum atomic E-state index is 11.3. The topological polar surface area (TPSA) is 130 Å². The lowest BCUT2D eigenvalue weighted by molar-refractivity contribution is -0.114. The molecule has 2 amide bonds. The predicted octanol–water partition coefficient (Wildman–Crippen LogP) is 2.24. The molecule has 0 saturated carbocycles. The van der Waals surface area contributed by atoms with E-state index in [9.17, 15) is 9.59 Å². The van der Waals surface area contributed by atoms with Gasteiger partial charge in [-0.1, -0.05) is 12.1 Å². The van der Waals surface area contributed by atoms with Crippen LogP contribution in [0.4, 0.5) is 16.4 Å². The SMILES string of the molecule is CC(=O)Nc1ccc2cccc(OCCOc3nccnc3N3CCN(C(=O)O)CC3)c2n1. The highest BCUT2D eigenvalue weighted by Crippen LogP contribution is 2.26. The van der Waals surface area contributed by atoms with Crippen LogP contribution < -0.4 is 19.7 Å². The van der Waals surface area contributed by atoms with Crippen molar-refractivity contribution >= 4 is 34.5 Å². The fourth-order valence-electron chi connectivity index (χ4n) is 3.52. The van der Waals surface area contributed by atoms with E-state index in [4.69, 9.17) is 14.6 Å². The molecule has 1 aliphatic heterocycles. The molecule has 0 unspecified atom stereocenters. The van der Waals surface area contributed by atoms with Crippen molar-refractivity contribution in [2.24, 2.45) is 0 Å². The molecule has 1 fully saturated rings. The van der Waals surface area contributed by atoms with Crippen LogP contribution in [0.25, 0.3) is 10.9 Å². The third-order valence-corrected chi connectivity index (χ3v) is 5.06. The van der Waals surface area contributed by atoms with Crippen LogP contribution in [-0.4, -0.2) is 76.4 Å². The first-order valence-electron chi connectivity index (χ1n) is 10.5. The van der Waals surface area contributed by atoms with Gasteiger partial charge in [0.05, 0.1) is 0 Å². The fraction of sp³-hybridized carbons (Fsp3) is 0.318. The standard InChI is InChI=1S/C22H24N6O5/c1-15(29)25-18-6-5-16-3-2-4-17(19(16)26-18)32-13-14-33-21-20(23-7-8-24-21)27-9-11-28(12-10-27)22(30)31/h2-8H,9-14H2,1H3,(H,30,31)(H,25,26,29). The lowest BCUT2D eigenvalue weighted by Crippen LogP contribution is -2.48. The number of hydrogen-bond donors (Lipinski definition) is 2. The molecule has 2 N–H and O–H groups in total. The van der Waals surface area contributed by atoms with E-state index in [1.807, 2.05) is 29.2 Å². The number of hydrogen-bond acceptors (Lipinski definition) is 8. The zero-order valence-electron chi connectivity index (χ0n) is 18.1. The summed E-state index contributed by atoms with van der Waals surface area (Å²) >= 11 is 0. The average molecular weight is 452 g/mol. The largest absolute Gasteiger partial charge is 0.488 e. The van der Waals surface area contributed by atoms with Crippen molar-refractivity contribution in [1.29, 1.82) is 0 Å². The van der Waals surface area contributed by atoms with Crippen LogP contribution in [-0.2, 0) is 4.79 Å². The molecule has 4 rings (SSSR count). The second-order valence-electron chi connectivity index (χ2n) is 7.34. The molecule has 1 aliphatic rings. The zero-order valence-corrected chi connectivity index (χ0v) is 18.1. The minimum absolute atomic E-state index is 0.196. The molecule has 11 nitrogen and oxygen atoms in total. The Morgan fingerprint density at radius 1 is 1.03 bits per heavy atom. The van der Waals surface area contributed by atoms with E-state index in [0.29, 0.717) is 55.0 Å². The molecule has 3 aromatic rings. The van der Waals surface area contributed by atoms with Crippen LogP contribution in [0.15, 0.2) is 42.7 Å². The average Bonchev–Trinajstić information content (AvgIpc) is 2.82. The van der Waals surface area contributed by atoms with Gasteiger partial charge < -0.3 is 29.7 Å². The Balaban J connectivity index is 1.38. The predicted molar refractivity (Wildman–Crippen MR) is 121 cm³/mol. The summed E-state index contributed by atoms with van der Waals surface area (Å²) in [7, 11) is 0. The number of para-hydroxylation sites is 1. The molecular formula is C22H24N6O5. The molecule has 11 heteroatoms. The molecule has 1 aromatic carbocycles. The van der Waals surface area contributed by atoms with Crippen LogP contribution >= 0.6 is 0 Å². The highest BCUT2D eigenvalue weighted by Gasteiger charge is 2.24. The number of anilines is 2. The molecule has 0 radical (unpaired) electrons. The van der Waals surface area contributed by atoms with E-state index in [0.717, 1.165) is 5.39 Å². The first-order chi connectivity index (χ1) is 16.0. The van der Waals surface area contributed by atoms with Gasteiger partial charge in [-0.15, -0.1) is 0 Å². The first kappa shape index (κ1) is 22.1. The third kappa shape index (κ3) is 5.37. The van der Waals surface area contributed by atoms with Gasteiger partial charge >= 0.3 is 6.09 Å². The number of carbonyl (C=O) groups excluding carboxylic acids is 1. The number of benzene rings is 1. The summed E-state index contributed by atoms with van der Waals surface area (Å²) in [6, 6.07) is 9.20. The second kappa shape index (κ2) is 9.98. The quantitative estimate of drug-likeness (QED) is 0.518. The van der Waals surface area contributed by atoms with E-state index < -0.39 is 6.09 Å². The van der Waals surface area contributed by atoms with Gasteiger partial charge in [-0.3, -0.25) is 4.79 Å². The van der Waals surface area contributed by atoms with E-state index in [-0.39, 0.29) is 19.1 Å². The Morgan fingerprint density at radius 2 is 1.79 bits per heavy atom. The summed E-state index contributed by atoms with van der Waals surface area (Å²) in [4.78, 5) is 38.9. The molecule has 0 atom stereocenters. The van der Waals surface area contributed by atoms with E-state index in [1.165, 1.54) is 11.8 Å². The van der Waals surface area contributed by atoms with Gasteiger partial charge in [0.1, 0.15) is 30.3 Å². The highest BCUT2D eigenvalue weighted by molar-refractivity contribution is 5.91. The van der Waals surface area contributed by atoms with E-state index in [1.54, 1.807) is 18.5 Å². The maximum absolute atomic E-state index is 11.3. The normalized spacial score (nSPS) is 13.6. The van der Waals surface area contributed by atoms with Crippen molar-refractivity contribution in [3.05, 3.63) is 42.7 Å². The number of pyridine rings is 1. The molecule has 1 saturated heterocycles. The summed E-state index contributed by atoms with van der Waals surface area (Å²) in [5.74, 6) is 1.78. The number of ether oxygens (including phenoxy) is 2. The summed E-state index contributed by atoms with van der Waals surface area (Å²) in [5, 5.41) is 12.7. The van der Waals surface area contributed by atoms with Crippen molar-refractivity contribution in [2.75, 3.05) is 49.6 Å². The minimum Gasteiger partial charge on any atom is -0.488 e. The fourth-order valence-corrected chi connectivity index (χ4v) is 3.52. The van der Waals surface area contributed by atoms with Gasteiger partial charge in [0.2, 0.25) is 5.91 Å². The lowest BCUT2D eigenvalue weighted by Gasteiger charge is -2.34. The van der Waals surface area contributed by atoms with Gasteiger partial charge in [-0.2, -0.15) is 0 Å². The molecule has 0 aliphatic carbocycles. The number of piperazine rings is 1. The summed E-state index contributed by atoms with van der Waals surface area (Å²) in [6.07, 6.45) is 2.21. The monoisotopic (exact) mass is 452 g/mol. The number of nitrogens with zero attached hydrogens (tertiary/aromatic N) is 5. The lowest BCUT2D eigenvalue weighted by atomic mass is 10.2. The number of fused-ring (bicyclic) bond motifs is 1. The highest BCUT2D eigenvalue weighted by atomic mass is 16.5. The van der Waals surface area contributed by atoms with Crippen LogP contribution in [0.3, 0.4) is 0 Å². The van der Waals surface area contributed by atoms with E-state index in [2.05, 4.69) is 20.3 Å². The van der Waals surface area contributed by atoms with Gasteiger partial charge in [0, 0.05) is 50.9 Å². The Kier molecular flexibility index (Phi) is 6.67. The van der Waals surface area contributed by atoms with Gasteiger partial charge in [0.15, 0.2) is 5.82 Å². The van der Waals surface area contributed by atoms with Crippen molar-refractivity contribution in [2.45, 2.75) is 6.92 Å². The minimum atomic E-state index is -0.922. The van der Waals surface area contributed by atoms with Crippen molar-refractivity contribution < 1.29 is 24.2 Å². The number of amides is 2. The molecular weight excluding hydrogens is 428 g/mol. The Morgan fingerprint density at radius 3 is 2.55 bits per heavy atom. The Bertz CT molecular complexity index is 1150. The first-order valence-corrected chi connectivity index (χ1v) is 10.5. The molecule has 0 spiro atoms. The van der Waals surface area contributed by atoms with Crippen LogP contribution in [0.1, 0.15) is 6.92 Å². The number of carboxylic acid groups (broad SMARTS) is 1. The molecule has 2 aromatic heterocycles. The smallest absolute Gasteiger partial charge is 0.407 e. The number of carbonyl (C=O) groups is 2. The zero-order chi connectivity index (χ0) is 23.2. The molecule has 172 valence electrons. The van der Waals surface area contributed by atoms with Crippen LogP contribution in [0.2, 0.25) is 0 Å².